The Balaban J connectivity index is 1.76. The molecule has 3 rings (SSSR count). The van der Waals surface area contributed by atoms with E-state index < -0.39 is 0 Å². The highest BCUT2D eigenvalue weighted by molar-refractivity contribution is 8.00. The maximum atomic E-state index is 2.77. The van der Waals surface area contributed by atoms with Gasteiger partial charge >= 0.3 is 0 Å². The van der Waals surface area contributed by atoms with Crippen molar-refractivity contribution in [3.63, 3.8) is 0 Å². The smallest absolute Gasteiger partial charge is 0.0215 e. The van der Waals surface area contributed by atoms with E-state index in [1.54, 1.807) is 0 Å². The highest BCUT2D eigenvalue weighted by Gasteiger charge is 2.42. The third kappa shape index (κ3) is 1.84. The van der Waals surface area contributed by atoms with Gasteiger partial charge in [0.2, 0.25) is 0 Å². The number of thioether (sulfide) groups is 1. The van der Waals surface area contributed by atoms with Gasteiger partial charge in [-0.15, -0.1) is 0 Å². The number of nitrogens with zero attached hydrogens (tertiary/aromatic N) is 1. The molecule has 4 atom stereocenters. The van der Waals surface area contributed by atoms with Gasteiger partial charge < -0.3 is 0 Å². The molecule has 3 fully saturated rings. The Kier molecular flexibility index (Phi) is 2.99. The molecule has 0 spiro atoms. The summed E-state index contributed by atoms with van der Waals surface area (Å²) in [6.45, 7) is 0. The Bertz CT molecular complexity index is 209. The molecule has 86 valence electrons. The number of rotatable bonds is 0. The maximum Gasteiger partial charge on any atom is 0.0215 e. The molecule has 1 nitrogen and oxygen atoms in total. The minimum atomic E-state index is 0.920. The van der Waals surface area contributed by atoms with E-state index in [1.807, 2.05) is 0 Å². The lowest BCUT2D eigenvalue weighted by Crippen LogP contribution is -2.56. The van der Waals surface area contributed by atoms with Crippen LogP contribution in [-0.2, 0) is 0 Å². The molecule has 1 saturated heterocycles. The average molecular weight is 225 g/mol. The fraction of sp³-hybridized carbons (Fsp3) is 1.00. The summed E-state index contributed by atoms with van der Waals surface area (Å²) in [5, 5.41) is 1.95. The van der Waals surface area contributed by atoms with Crippen LogP contribution >= 0.6 is 11.8 Å². The van der Waals surface area contributed by atoms with Crippen molar-refractivity contribution in [1.82, 2.24) is 4.90 Å². The molecule has 0 N–H and O–H groups in total. The number of fused-ring (bicyclic) bond motifs is 2. The molecular formula is C13H23NS. The van der Waals surface area contributed by atoms with Crippen molar-refractivity contribution in [2.75, 3.05) is 7.05 Å². The van der Waals surface area contributed by atoms with E-state index in [4.69, 9.17) is 0 Å². The van der Waals surface area contributed by atoms with Gasteiger partial charge in [0.1, 0.15) is 0 Å². The molecule has 0 amide bonds. The van der Waals surface area contributed by atoms with Crippen LogP contribution in [0.3, 0.4) is 0 Å². The minimum absolute atomic E-state index is 0.920. The number of hydrogen-bond acceptors (Lipinski definition) is 2. The Morgan fingerprint density at radius 3 is 1.80 bits per heavy atom. The zero-order valence-electron chi connectivity index (χ0n) is 9.82. The molecule has 0 aromatic heterocycles. The largest absolute Gasteiger partial charge is 0.298 e. The summed E-state index contributed by atoms with van der Waals surface area (Å²) in [5.74, 6) is 0. The van der Waals surface area contributed by atoms with Crippen molar-refractivity contribution in [2.45, 2.75) is 74.0 Å². The zero-order valence-corrected chi connectivity index (χ0v) is 10.6. The first-order valence-electron chi connectivity index (χ1n) is 6.73. The molecule has 1 heterocycles. The minimum Gasteiger partial charge on any atom is -0.298 e. The third-order valence-electron chi connectivity index (χ3n) is 4.73. The first kappa shape index (κ1) is 10.5. The Morgan fingerprint density at radius 2 is 1.27 bits per heavy atom. The average Bonchev–Trinajstić information content (AvgIpc) is 2.30. The first-order valence-corrected chi connectivity index (χ1v) is 7.68. The molecule has 15 heavy (non-hydrogen) atoms. The molecule has 0 aromatic rings. The summed E-state index contributed by atoms with van der Waals surface area (Å²) < 4.78 is 0. The van der Waals surface area contributed by atoms with Crippen LogP contribution in [-0.4, -0.2) is 34.5 Å². The second-order valence-electron chi connectivity index (χ2n) is 5.58. The van der Waals surface area contributed by atoms with Gasteiger partial charge in [-0.25, -0.2) is 0 Å². The first-order chi connectivity index (χ1) is 7.36. The molecule has 0 radical (unpaired) electrons. The van der Waals surface area contributed by atoms with Crippen LogP contribution in [0.2, 0.25) is 0 Å². The Labute approximate surface area is 98.0 Å². The summed E-state index contributed by atoms with van der Waals surface area (Å²) >= 11 is 2.36. The van der Waals surface area contributed by atoms with Gasteiger partial charge in [0, 0.05) is 22.6 Å². The van der Waals surface area contributed by atoms with Crippen molar-refractivity contribution in [2.24, 2.45) is 0 Å². The van der Waals surface area contributed by atoms with Gasteiger partial charge in [-0.2, -0.15) is 11.8 Å². The molecule has 3 aliphatic rings. The maximum absolute atomic E-state index is 2.77. The van der Waals surface area contributed by atoms with Gasteiger partial charge in [0.05, 0.1) is 0 Å². The monoisotopic (exact) mass is 225 g/mol. The van der Waals surface area contributed by atoms with Gasteiger partial charge in [0.15, 0.2) is 0 Å². The van der Waals surface area contributed by atoms with E-state index in [9.17, 15) is 0 Å². The summed E-state index contributed by atoms with van der Waals surface area (Å²) in [4.78, 5) is 2.77. The van der Waals surface area contributed by atoms with E-state index in [-0.39, 0.29) is 0 Å². The van der Waals surface area contributed by atoms with Crippen LogP contribution in [0, 0.1) is 0 Å². The standard InChI is InChI=1S/C13H23NS/c1-14-10-6-2-4-8-12(10)15-13-9-5-3-7-11(13)14/h10-13H,2-9H2,1H3. The van der Waals surface area contributed by atoms with Crippen molar-refractivity contribution in [1.29, 1.82) is 0 Å². The fourth-order valence-electron chi connectivity index (χ4n) is 3.87. The predicted octanol–water partition coefficient (Wildman–Crippen LogP) is 3.29. The van der Waals surface area contributed by atoms with E-state index in [0.717, 1.165) is 22.6 Å². The summed E-state index contributed by atoms with van der Waals surface area (Å²) in [5.41, 5.74) is 0. The summed E-state index contributed by atoms with van der Waals surface area (Å²) in [6.07, 6.45) is 11.8. The molecular weight excluding hydrogens is 202 g/mol. The molecule has 0 aromatic carbocycles. The fourth-order valence-corrected chi connectivity index (χ4v) is 5.95. The van der Waals surface area contributed by atoms with Crippen LogP contribution in [0.1, 0.15) is 51.4 Å². The van der Waals surface area contributed by atoms with Crippen LogP contribution in [0.25, 0.3) is 0 Å². The van der Waals surface area contributed by atoms with Crippen molar-refractivity contribution in [3.8, 4) is 0 Å². The van der Waals surface area contributed by atoms with Crippen LogP contribution in [0.5, 0.6) is 0 Å². The van der Waals surface area contributed by atoms with Gasteiger partial charge in [0.25, 0.3) is 0 Å². The molecule has 2 saturated carbocycles. The SMILES string of the molecule is CN1C2CCCCC2SC2CCCCC21. The van der Waals surface area contributed by atoms with Gasteiger partial charge in [-0.3, -0.25) is 4.90 Å². The lowest BCUT2D eigenvalue weighted by molar-refractivity contribution is 0.107. The predicted molar refractivity (Wildman–Crippen MR) is 67.4 cm³/mol. The van der Waals surface area contributed by atoms with Crippen molar-refractivity contribution in [3.05, 3.63) is 0 Å². The number of hydrogen-bond donors (Lipinski definition) is 0. The zero-order chi connectivity index (χ0) is 10.3. The van der Waals surface area contributed by atoms with Crippen LogP contribution < -0.4 is 0 Å². The van der Waals surface area contributed by atoms with E-state index in [2.05, 4.69) is 23.7 Å². The highest BCUT2D eigenvalue weighted by Crippen LogP contribution is 2.45. The quantitative estimate of drug-likeness (QED) is 0.622. The second-order valence-corrected chi connectivity index (χ2v) is 7.07. The molecule has 4 unspecified atom stereocenters. The normalized spacial score (nSPS) is 47.0. The van der Waals surface area contributed by atoms with E-state index in [0.29, 0.717) is 0 Å². The topological polar surface area (TPSA) is 3.24 Å². The second kappa shape index (κ2) is 4.29. The summed E-state index contributed by atoms with van der Waals surface area (Å²) in [7, 11) is 2.41. The van der Waals surface area contributed by atoms with Gasteiger partial charge in [-0.05, 0) is 32.7 Å². The van der Waals surface area contributed by atoms with Crippen molar-refractivity contribution < 1.29 is 0 Å². The van der Waals surface area contributed by atoms with Crippen LogP contribution in [0.4, 0.5) is 0 Å². The Morgan fingerprint density at radius 1 is 0.800 bits per heavy atom. The van der Waals surface area contributed by atoms with Crippen LogP contribution in [0.15, 0.2) is 0 Å². The lowest BCUT2D eigenvalue weighted by Gasteiger charge is -2.51. The molecule has 0 bridgehead atoms. The van der Waals surface area contributed by atoms with Gasteiger partial charge in [-0.1, -0.05) is 25.7 Å². The summed E-state index contributed by atoms with van der Waals surface area (Å²) in [6, 6.07) is 1.84. The third-order valence-corrected chi connectivity index (χ3v) is 6.53. The van der Waals surface area contributed by atoms with E-state index >= 15 is 0 Å². The lowest BCUT2D eigenvalue weighted by atomic mass is 9.88. The molecule has 1 aliphatic heterocycles. The highest BCUT2D eigenvalue weighted by atomic mass is 32.2. The molecule has 2 heteroatoms. The molecule has 2 aliphatic carbocycles. The van der Waals surface area contributed by atoms with E-state index in [1.165, 1.54) is 51.4 Å². The van der Waals surface area contributed by atoms with Crippen molar-refractivity contribution >= 4 is 11.8 Å². The Hall–Kier alpha value is 0.310.